The van der Waals surface area contributed by atoms with Crippen molar-refractivity contribution in [2.75, 3.05) is 5.32 Å². The lowest BCUT2D eigenvalue weighted by atomic mass is 10.2. The van der Waals surface area contributed by atoms with Crippen molar-refractivity contribution in [3.8, 4) is 0 Å². The monoisotopic (exact) mass is 347 g/mol. The number of thiophene rings is 1. The Bertz CT molecular complexity index is 630. The number of carboxylic acid groups (broad SMARTS) is 1. The molecule has 0 saturated heterocycles. The van der Waals surface area contributed by atoms with Crippen LogP contribution in [0.3, 0.4) is 0 Å². The molecule has 0 aliphatic carbocycles. The maximum absolute atomic E-state index is 13.6. The molecule has 0 aliphatic rings. The van der Waals surface area contributed by atoms with E-state index >= 15 is 0 Å². The summed E-state index contributed by atoms with van der Waals surface area (Å²) in [6, 6.07) is 4.10. The van der Waals surface area contributed by atoms with E-state index in [0.717, 1.165) is 15.4 Å². The fraction of sp³-hybridized carbons (Fsp3) is 0.0833. The van der Waals surface area contributed by atoms with Crippen LogP contribution in [0.4, 0.5) is 14.5 Å². The van der Waals surface area contributed by atoms with Crippen LogP contribution in [0.5, 0.6) is 0 Å². The highest BCUT2D eigenvalue weighted by molar-refractivity contribution is 9.10. The average Bonchev–Trinajstić information content (AvgIpc) is 2.76. The van der Waals surface area contributed by atoms with Gasteiger partial charge < -0.3 is 10.4 Å². The van der Waals surface area contributed by atoms with E-state index in [1.165, 1.54) is 17.4 Å². The van der Waals surface area contributed by atoms with Crippen molar-refractivity contribution in [2.24, 2.45) is 0 Å². The predicted molar refractivity (Wildman–Crippen MR) is 72.7 cm³/mol. The van der Waals surface area contributed by atoms with Gasteiger partial charge in [0, 0.05) is 9.35 Å². The predicted octanol–water partition coefficient (Wildman–Crippen LogP) is 4.10. The van der Waals surface area contributed by atoms with Gasteiger partial charge in [0.05, 0.1) is 17.8 Å². The minimum atomic E-state index is -1.50. The van der Waals surface area contributed by atoms with Gasteiger partial charge in [-0.3, -0.25) is 0 Å². The van der Waals surface area contributed by atoms with E-state index in [1.54, 1.807) is 0 Å². The van der Waals surface area contributed by atoms with Gasteiger partial charge >= 0.3 is 5.97 Å². The zero-order valence-electron chi connectivity index (χ0n) is 9.41. The van der Waals surface area contributed by atoms with E-state index in [-0.39, 0.29) is 5.69 Å². The summed E-state index contributed by atoms with van der Waals surface area (Å²) in [6.45, 7) is 0.320. The second-order valence-corrected chi connectivity index (χ2v) is 5.49. The van der Waals surface area contributed by atoms with E-state index < -0.39 is 23.2 Å². The molecule has 2 N–H and O–H groups in total. The van der Waals surface area contributed by atoms with Gasteiger partial charge in [-0.2, -0.15) is 0 Å². The van der Waals surface area contributed by atoms with E-state index in [0.29, 0.717) is 6.54 Å². The molecular weight excluding hydrogens is 340 g/mol. The fourth-order valence-corrected chi connectivity index (χ4v) is 2.91. The third-order valence-corrected chi connectivity index (χ3v) is 4.37. The number of carboxylic acids is 1. The van der Waals surface area contributed by atoms with E-state index in [1.807, 2.05) is 11.4 Å². The Labute approximate surface area is 120 Å². The van der Waals surface area contributed by atoms with E-state index in [4.69, 9.17) is 5.11 Å². The number of benzene rings is 1. The number of hydrogen-bond acceptors (Lipinski definition) is 3. The SMILES string of the molecule is O=C(O)c1ccc(NCc2sccc2Br)c(F)c1F. The minimum Gasteiger partial charge on any atom is -0.478 e. The number of carbonyl (C=O) groups is 1. The van der Waals surface area contributed by atoms with Crippen LogP contribution >= 0.6 is 27.3 Å². The summed E-state index contributed by atoms with van der Waals surface area (Å²) in [5.41, 5.74) is -0.747. The number of aromatic carboxylic acids is 1. The third-order valence-electron chi connectivity index (χ3n) is 2.44. The zero-order chi connectivity index (χ0) is 14.0. The number of anilines is 1. The van der Waals surface area contributed by atoms with Gasteiger partial charge in [-0.1, -0.05) is 0 Å². The number of halogens is 3. The van der Waals surface area contributed by atoms with Crippen molar-refractivity contribution < 1.29 is 18.7 Å². The molecule has 0 fully saturated rings. The van der Waals surface area contributed by atoms with Crippen molar-refractivity contribution in [3.63, 3.8) is 0 Å². The van der Waals surface area contributed by atoms with Crippen molar-refractivity contribution in [3.05, 3.63) is 50.1 Å². The Hall–Kier alpha value is -1.47. The average molecular weight is 348 g/mol. The molecule has 0 atom stereocenters. The maximum Gasteiger partial charge on any atom is 0.338 e. The third kappa shape index (κ3) is 2.93. The van der Waals surface area contributed by atoms with Crippen molar-refractivity contribution in [1.82, 2.24) is 0 Å². The summed E-state index contributed by atoms with van der Waals surface area (Å²) < 4.78 is 28.0. The van der Waals surface area contributed by atoms with Crippen molar-refractivity contribution >= 4 is 38.9 Å². The zero-order valence-corrected chi connectivity index (χ0v) is 11.8. The molecule has 0 spiro atoms. The highest BCUT2D eigenvalue weighted by Crippen LogP contribution is 2.25. The van der Waals surface area contributed by atoms with Crippen LogP contribution in [0.15, 0.2) is 28.1 Å². The molecule has 1 aromatic carbocycles. The first-order chi connectivity index (χ1) is 9.00. The lowest BCUT2D eigenvalue weighted by molar-refractivity contribution is 0.0690. The molecule has 0 amide bonds. The molecule has 7 heteroatoms. The molecule has 0 saturated carbocycles. The first-order valence-electron chi connectivity index (χ1n) is 5.17. The summed E-state index contributed by atoms with van der Waals surface area (Å²) in [6.07, 6.45) is 0. The highest BCUT2D eigenvalue weighted by Gasteiger charge is 2.17. The van der Waals surface area contributed by atoms with Gasteiger partial charge in [0.25, 0.3) is 0 Å². The Morgan fingerprint density at radius 3 is 2.63 bits per heavy atom. The van der Waals surface area contributed by atoms with E-state index in [2.05, 4.69) is 21.2 Å². The van der Waals surface area contributed by atoms with Crippen LogP contribution in [0, 0.1) is 11.6 Å². The standard InChI is InChI=1S/C12H8BrF2NO2S/c13-7-3-4-19-9(7)5-16-8-2-1-6(12(17)18)10(14)11(8)15/h1-4,16H,5H2,(H,17,18). The summed E-state index contributed by atoms with van der Waals surface area (Å²) in [5, 5.41) is 13.3. The van der Waals surface area contributed by atoms with Crippen LogP contribution in [0.1, 0.15) is 15.2 Å². The van der Waals surface area contributed by atoms with Gasteiger partial charge in [-0.25, -0.2) is 13.6 Å². The topological polar surface area (TPSA) is 49.3 Å². The molecular formula is C12H8BrF2NO2S. The van der Waals surface area contributed by atoms with Gasteiger partial charge in [-0.15, -0.1) is 11.3 Å². The van der Waals surface area contributed by atoms with Crippen LogP contribution in [0.2, 0.25) is 0 Å². The Morgan fingerprint density at radius 2 is 2.05 bits per heavy atom. The Morgan fingerprint density at radius 1 is 1.32 bits per heavy atom. The molecule has 2 rings (SSSR count). The first kappa shape index (κ1) is 14.0. The quantitative estimate of drug-likeness (QED) is 0.875. The number of nitrogens with one attached hydrogen (secondary N) is 1. The summed E-state index contributed by atoms with van der Waals surface area (Å²) >= 11 is 4.80. The van der Waals surface area contributed by atoms with Gasteiger partial charge in [-0.05, 0) is 39.5 Å². The second kappa shape index (κ2) is 5.66. The molecule has 0 bridgehead atoms. The largest absolute Gasteiger partial charge is 0.478 e. The number of hydrogen-bond donors (Lipinski definition) is 2. The van der Waals surface area contributed by atoms with Gasteiger partial charge in [0.15, 0.2) is 11.6 Å². The maximum atomic E-state index is 13.6. The summed E-state index contributed by atoms with van der Waals surface area (Å²) in [4.78, 5) is 11.6. The fourth-order valence-electron chi connectivity index (χ4n) is 1.48. The lowest BCUT2D eigenvalue weighted by Gasteiger charge is -2.08. The molecule has 2 aromatic rings. The Kier molecular flexibility index (Phi) is 4.16. The second-order valence-electron chi connectivity index (χ2n) is 3.64. The molecule has 0 radical (unpaired) electrons. The molecule has 100 valence electrons. The molecule has 19 heavy (non-hydrogen) atoms. The van der Waals surface area contributed by atoms with Crippen LogP contribution in [0.25, 0.3) is 0 Å². The molecule has 0 aliphatic heterocycles. The highest BCUT2D eigenvalue weighted by atomic mass is 79.9. The minimum absolute atomic E-state index is 0.0669. The smallest absolute Gasteiger partial charge is 0.338 e. The first-order valence-corrected chi connectivity index (χ1v) is 6.85. The van der Waals surface area contributed by atoms with Crippen LogP contribution in [-0.4, -0.2) is 11.1 Å². The molecule has 3 nitrogen and oxygen atoms in total. The molecule has 0 unspecified atom stereocenters. The molecule has 1 heterocycles. The summed E-state index contributed by atoms with van der Waals surface area (Å²) in [5.74, 6) is -4.04. The lowest BCUT2D eigenvalue weighted by Crippen LogP contribution is -2.07. The van der Waals surface area contributed by atoms with Crippen molar-refractivity contribution in [2.45, 2.75) is 6.54 Å². The normalized spacial score (nSPS) is 10.5. The van der Waals surface area contributed by atoms with E-state index in [9.17, 15) is 13.6 Å². The van der Waals surface area contributed by atoms with Gasteiger partial charge in [0.2, 0.25) is 0 Å². The van der Waals surface area contributed by atoms with Crippen LogP contribution < -0.4 is 5.32 Å². The molecule has 1 aromatic heterocycles. The van der Waals surface area contributed by atoms with Gasteiger partial charge in [0.1, 0.15) is 0 Å². The van der Waals surface area contributed by atoms with Crippen molar-refractivity contribution in [1.29, 1.82) is 0 Å². The van der Waals surface area contributed by atoms with Crippen LogP contribution in [-0.2, 0) is 6.54 Å². The number of rotatable bonds is 4. The Balaban J connectivity index is 2.20. The summed E-state index contributed by atoms with van der Waals surface area (Å²) in [7, 11) is 0.